The van der Waals surface area contributed by atoms with Crippen LogP contribution in [-0.2, 0) is 11.8 Å². The SMILES string of the molecule is Cc1ccc(F)c(-c2nc(C(=O)Nc3cnn(C)c3[C@@H]3CC[C@@H](N)[C@H](F)CO3)cs2)c1. The molecular weight excluding hydrogens is 424 g/mol. The van der Waals surface area contributed by atoms with Gasteiger partial charge in [-0.1, -0.05) is 11.6 Å². The molecule has 1 aromatic carbocycles. The molecule has 3 N–H and O–H groups in total. The van der Waals surface area contributed by atoms with Crippen LogP contribution in [0.4, 0.5) is 14.5 Å². The standard InChI is InChI=1S/C21H23F2N5O2S/c1-11-3-4-13(22)12(7-11)21-27-17(10-31-21)20(29)26-16-8-25-28(2)19(16)18-6-5-15(24)14(23)9-30-18/h3-4,7-8,10,14-15,18H,5-6,9,24H2,1-2H3,(H,26,29)/t14-,15-,18+/m1/s1. The third kappa shape index (κ3) is 4.51. The number of nitrogens with zero attached hydrogens (tertiary/aromatic N) is 3. The summed E-state index contributed by atoms with van der Waals surface area (Å²) in [6.45, 7) is 1.75. The number of aryl methyl sites for hydroxylation is 2. The Kier molecular flexibility index (Phi) is 6.12. The zero-order valence-electron chi connectivity index (χ0n) is 17.1. The molecular formula is C21H23F2N5O2S. The van der Waals surface area contributed by atoms with Crippen LogP contribution in [-0.4, -0.2) is 39.5 Å². The van der Waals surface area contributed by atoms with Gasteiger partial charge in [-0.2, -0.15) is 5.10 Å². The molecule has 1 aliphatic rings. The zero-order valence-corrected chi connectivity index (χ0v) is 18.0. The van der Waals surface area contributed by atoms with E-state index in [1.165, 1.54) is 23.6 Å². The molecule has 0 unspecified atom stereocenters. The van der Waals surface area contributed by atoms with Gasteiger partial charge < -0.3 is 15.8 Å². The predicted octanol–water partition coefficient (Wildman–Crippen LogP) is 3.76. The van der Waals surface area contributed by atoms with Crippen LogP contribution in [0.2, 0.25) is 0 Å². The minimum absolute atomic E-state index is 0.109. The lowest BCUT2D eigenvalue weighted by Crippen LogP contribution is -2.32. The molecule has 3 atom stereocenters. The minimum atomic E-state index is -1.23. The number of halogens is 2. The van der Waals surface area contributed by atoms with Crippen LogP contribution in [0.5, 0.6) is 0 Å². The number of hydrogen-bond donors (Lipinski definition) is 2. The summed E-state index contributed by atoms with van der Waals surface area (Å²) < 4.78 is 35.4. The van der Waals surface area contributed by atoms with Crippen molar-refractivity contribution in [3.05, 3.63) is 52.5 Å². The van der Waals surface area contributed by atoms with Crippen LogP contribution < -0.4 is 11.1 Å². The molecule has 2 aromatic heterocycles. The van der Waals surface area contributed by atoms with Crippen molar-refractivity contribution < 1.29 is 18.3 Å². The van der Waals surface area contributed by atoms with E-state index in [0.29, 0.717) is 34.8 Å². The topological polar surface area (TPSA) is 95.1 Å². The van der Waals surface area contributed by atoms with Gasteiger partial charge in [0, 0.05) is 24.0 Å². The largest absolute Gasteiger partial charge is 0.369 e. The summed E-state index contributed by atoms with van der Waals surface area (Å²) in [5.41, 5.74) is 8.33. The third-order valence-electron chi connectivity index (χ3n) is 5.31. The summed E-state index contributed by atoms with van der Waals surface area (Å²) in [5, 5.41) is 9.02. The van der Waals surface area contributed by atoms with E-state index in [1.54, 1.807) is 29.2 Å². The van der Waals surface area contributed by atoms with E-state index in [-0.39, 0.29) is 12.3 Å². The molecule has 164 valence electrons. The van der Waals surface area contributed by atoms with Gasteiger partial charge in [-0.3, -0.25) is 9.48 Å². The number of anilines is 1. The molecule has 3 aromatic rings. The van der Waals surface area contributed by atoms with Crippen LogP contribution in [0.3, 0.4) is 0 Å². The molecule has 7 nitrogen and oxygen atoms in total. The quantitative estimate of drug-likeness (QED) is 0.635. The van der Waals surface area contributed by atoms with Gasteiger partial charge in [0.05, 0.1) is 24.2 Å². The average Bonchev–Trinajstić information content (AvgIpc) is 3.33. The van der Waals surface area contributed by atoms with Gasteiger partial charge in [0.15, 0.2) is 0 Å². The summed E-state index contributed by atoms with van der Waals surface area (Å²) in [7, 11) is 1.73. The Morgan fingerprint density at radius 2 is 2.19 bits per heavy atom. The number of carbonyl (C=O) groups is 1. The number of hydrogen-bond acceptors (Lipinski definition) is 6. The summed E-state index contributed by atoms with van der Waals surface area (Å²) in [6.07, 6.45) is 0.815. The molecule has 0 bridgehead atoms. The Labute approximate surface area is 182 Å². The second-order valence-corrected chi connectivity index (χ2v) is 8.48. The minimum Gasteiger partial charge on any atom is -0.369 e. The number of nitrogens with one attached hydrogen (secondary N) is 1. The summed E-state index contributed by atoms with van der Waals surface area (Å²) in [5.74, 6) is -0.838. The number of rotatable bonds is 4. The van der Waals surface area contributed by atoms with E-state index in [0.717, 1.165) is 5.56 Å². The van der Waals surface area contributed by atoms with Crippen molar-refractivity contribution in [2.75, 3.05) is 11.9 Å². The second-order valence-electron chi connectivity index (χ2n) is 7.62. The molecule has 0 saturated carbocycles. The molecule has 1 amide bonds. The number of carbonyl (C=O) groups excluding carboxylic acids is 1. The van der Waals surface area contributed by atoms with E-state index >= 15 is 0 Å². The Balaban J connectivity index is 1.54. The molecule has 1 fully saturated rings. The highest BCUT2D eigenvalue weighted by atomic mass is 32.1. The van der Waals surface area contributed by atoms with Crippen LogP contribution in [0, 0.1) is 12.7 Å². The average molecular weight is 448 g/mol. The number of nitrogens with two attached hydrogens (primary N) is 1. The van der Waals surface area contributed by atoms with Gasteiger partial charge >= 0.3 is 0 Å². The lowest BCUT2D eigenvalue weighted by atomic mass is 10.0. The first-order valence-electron chi connectivity index (χ1n) is 9.90. The number of aromatic nitrogens is 3. The van der Waals surface area contributed by atoms with E-state index < -0.39 is 30.0 Å². The number of benzene rings is 1. The van der Waals surface area contributed by atoms with Gasteiger partial charge in [-0.05, 0) is 31.9 Å². The fourth-order valence-electron chi connectivity index (χ4n) is 3.57. The predicted molar refractivity (Wildman–Crippen MR) is 114 cm³/mol. The Hall–Kier alpha value is -2.69. The lowest BCUT2D eigenvalue weighted by Gasteiger charge is -2.17. The van der Waals surface area contributed by atoms with Crippen LogP contribution >= 0.6 is 11.3 Å². The maximum Gasteiger partial charge on any atom is 0.275 e. The molecule has 0 radical (unpaired) electrons. The lowest BCUT2D eigenvalue weighted by molar-refractivity contribution is 0.0247. The van der Waals surface area contributed by atoms with Crippen molar-refractivity contribution in [2.24, 2.45) is 12.8 Å². The van der Waals surface area contributed by atoms with Crippen LogP contribution in [0.15, 0.2) is 29.8 Å². The van der Waals surface area contributed by atoms with Crippen molar-refractivity contribution in [2.45, 2.75) is 38.1 Å². The third-order valence-corrected chi connectivity index (χ3v) is 6.19. The van der Waals surface area contributed by atoms with Crippen molar-refractivity contribution in [1.29, 1.82) is 0 Å². The molecule has 1 saturated heterocycles. The molecule has 3 heterocycles. The fourth-order valence-corrected chi connectivity index (χ4v) is 4.39. The highest BCUT2D eigenvalue weighted by Gasteiger charge is 2.30. The van der Waals surface area contributed by atoms with Crippen LogP contribution in [0.25, 0.3) is 10.6 Å². The van der Waals surface area contributed by atoms with E-state index in [9.17, 15) is 13.6 Å². The number of amides is 1. The van der Waals surface area contributed by atoms with Gasteiger partial charge in [-0.15, -0.1) is 11.3 Å². The van der Waals surface area contributed by atoms with Crippen molar-refractivity contribution >= 4 is 22.9 Å². The molecule has 31 heavy (non-hydrogen) atoms. The van der Waals surface area contributed by atoms with Crippen molar-refractivity contribution in [3.8, 4) is 10.6 Å². The summed E-state index contributed by atoms with van der Waals surface area (Å²) in [6, 6.07) is 4.18. The van der Waals surface area contributed by atoms with E-state index in [4.69, 9.17) is 10.5 Å². The summed E-state index contributed by atoms with van der Waals surface area (Å²) >= 11 is 1.19. The second kappa shape index (κ2) is 8.81. The molecule has 4 rings (SSSR count). The summed E-state index contributed by atoms with van der Waals surface area (Å²) in [4.78, 5) is 17.1. The molecule has 1 aliphatic heterocycles. The fraction of sp³-hybridized carbons (Fsp3) is 0.381. The Morgan fingerprint density at radius 1 is 1.39 bits per heavy atom. The van der Waals surface area contributed by atoms with Gasteiger partial charge in [0.1, 0.15) is 28.8 Å². The number of ether oxygens (including phenoxy) is 1. The maximum absolute atomic E-state index is 14.2. The first-order valence-corrected chi connectivity index (χ1v) is 10.8. The highest BCUT2D eigenvalue weighted by molar-refractivity contribution is 7.13. The molecule has 0 aliphatic carbocycles. The van der Waals surface area contributed by atoms with Gasteiger partial charge in [-0.25, -0.2) is 13.8 Å². The molecule has 10 heteroatoms. The molecule has 0 spiro atoms. The van der Waals surface area contributed by atoms with Crippen molar-refractivity contribution in [1.82, 2.24) is 14.8 Å². The first kappa shape index (κ1) is 21.5. The van der Waals surface area contributed by atoms with Gasteiger partial charge in [0.2, 0.25) is 0 Å². The normalized spacial score (nSPS) is 21.6. The van der Waals surface area contributed by atoms with Crippen molar-refractivity contribution in [3.63, 3.8) is 0 Å². The maximum atomic E-state index is 14.2. The Morgan fingerprint density at radius 3 is 3.00 bits per heavy atom. The number of thiazole rings is 1. The smallest absolute Gasteiger partial charge is 0.275 e. The van der Waals surface area contributed by atoms with E-state index in [1.807, 2.05) is 6.92 Å². The number of alkyl halides is 1. The first-order chi connectivity index (χ1) is 14.8. The van der Waals surface area contributed by atoms with Gasteiger partial charge in [0.25, 0.3) is 5.91 Å². The van der Waals surface area contributed by atoms with E-state index in [2.05, 4.69) is 15.4 Å². The van der Waals surface area contributed by atoms with Crippen LogP contribution in [0.1, 0.15) is 40.7 Å². The highest BCUT2D eigenvalue weighted by Crippen LogP contribution is 2.33. The Bertz CT molecular complexity index is 1090. The monoisotopic (exact) mass is 447 g/mol. The zero-order chi connectivity index (χ0) is 22.1.